The lowest BCUT2D eigenvalue weighted by Gasteiger charge is -2.28. The predicted octanol–water partition coefficient (Wildman–Crippen LogP) is 4.22. The molecule has 1 aliphatic rings. The van der Waals surface area contributed by atoms with Gasteiger partial charge in [-0.1, -0.05) is 60.2 Å². The van der Waals surface area contributed by atoms with E-state index in [1.165, 1.54) is 18.4 Å². The molecule has 0 bridgehead atoms. The summed E-state index contributed by atoms with van der Waals surface area (Å²) in [5.41, 5.74) is 2.98. The molecular formula is C23H30N2O. The first-order valence-corrected chi connectivity index (χ1v) is 9.60. The summed E-state index contributed by atoms with van der Waals surface area (Å²) in [6.07, 6.45) is 4.80. The summed E-state index contributed by atoms with van der Waals surface area (Å²) < 4.78 is 5.81. The number of ether oxygens (including phenoxy) is 1. The topological polar surface area (TPSA) is 15.7 Å². The van der Waals surface area contributed by atoms with E-state index in [1.807, 2.05) is 30.3 Å². The van der Waals surface area contributed by atoms with E-state index in [9.17, 15) is 0 Å². The average molecular weight is 351 g/mol. The summed E-state index contributed by atoms with van der Waals surface area (Å²) in [6, 6.07) is 20.8. The molecule has 2 aromatic rings. The molecule has 0 radical (unpaired) electrons. The van der Waals surface area contributed by atoms with E-state index >= 15 is 0 Å². The minimum atomic E-state index is 0.767. The first kappa shape index (κ1) is 18.7. The molecule has 138 valence electrons. The van der Waals surface area contributed by atoms with Gasteiger partial charge in [-0.15, -0.1) is 0 Å². The molecule has 3 heteroatoms. The summed E-state index contributed by atoms with van der Waals surface area (Å²) in [6.45, 7) is 6.10. The van der Waals surface area contributed by atoms with Crippen LogP contribution >= 0.6 is 0 Å². The number of hydrogen-bond donors (Lipinski definition) is 0. The molecule has 0 unspecified atom stereocenters. The molecule has 2 aromatic carbocycles. The molecule has 0 amide bonds. The highest BCUT2D eigenvalue weighted by Crippen LogP contribution is 2.16. The zero-order chi connectivity index (χ0) is 18.0. The zero-order valence-electron chi connectivity index (χ0n) is 15.8. The molecular weight excluding hydrogens is 320 g/mol. The molecule has 0 N–H and O–H groups in total. The standard InChI is InChI=1S/C23H30N2O/c1-24(20-22-8-4-2-5-9-22)15-12-21-13-16-25(17-14-21)18-19-26-23-10-6-3-7-11-23/h2-12H,13-20H2,1H3. The number of rotatable bonds is 8. The average Bonchev–Trinajstić information content (AvgIpc) is 2.69. The Morgan fingerprint density at radius 1 is 0.962 bits per heavy atom. The van der Waals surface area contributed by atoms with E-state index in [4.69, 9.17) is 4.74 Å². The minimum absolute atomic E-state index is 0.767. The van der Waals surface area contributed by atoms with E-state index < -0.39 is 0 Å². The van der Waals surface area contributed by atoms with Crippen molar-refractivity contribution in [2.75, 3.05) is 39.8 Å². The quantitative estimate of drug-likeness (QED) is 0.663. The molecule has 0 saturated carbocycles. The van der Waals surface area contributed by atoms with Crippen LogP contribution in [0.15, 0.2) is 72.3 Å². The van der Waals surface area contributed by atoms with Gasteiger partial charge in [0.25, 0.3) is 0 Å². The van der Waals surface area contributed by atoms with Gasteiger partial charge >= 0.3 is 0 Å². The smallest absolute Gasteiger partial charge is 0.119 e. The summed E-state index contributed by atoms with van der Waals surface area (Å²) in [5, 5.41) is 0. The summed E-state index contributed by atoms with van der Waals surface area (Å²) >= 11 is 0. The second kappa shape index (κ2) is 10.1. The van der Waals surface area contributed by atoms with Crippen LogP contribution in [0.5, 0.6) is 5.75 Å². The third-order valence-electron chi connectivity index (χ3n) is 4.90. The Hall–Kier alpha value is -2.10. The van der Waals surface area contributed by atoms with Crippen LogP contribution in [0.1, 0.15) is 18.4 Å². The second-order valence-electron chi connectivity index (χ2n) is 7.05. The van der Waals surface area contributed by atoms with Gasteiger partial charge in [-0.3, -0.25) is 9.80 Å². The largest absolute Gasteiger partial charge is 0.492 e. The number of likely N-dealkylation sites (N-methyl/N-ethyl adjacent to an activating group) is 1. The van der Waals surface area contributed by atoms with E-state index in [-0.39, 0.29) is 0 Å². The summed E-state index contributed by atoms with van der Waals surface area (Å²) in [5.74, 6) is 0.964. The van der Waals surface area contributed by atoms with Crippen LogP contribution in [-0.2, 0) is 6.54 Å². The molecule has 3 rings (SSSR count). The van der Waals surface area contributed by atoms with E-state index in [0.29, 0.717) is 0 Å². The van der Waals surface area contributed by atoms with E-state index in [0.717, 1.165) is 45.1 Å². The maximum absolute atomic E-state index is 5.81. The van der Waals surface area contributed by atoms with Gasteiger partial charge in [0.2, 0.25) is 0 Å². The van der Waals surface area contributed by atoms with Crippen LogP contribution in [0.2, 0.25) is 0 Å². The van der Waals surface area contributed by atoms with Crippen LogP contribution in [0.3, 0.4) is 0 Å². The maximum atomic E-state index is 5.81. The SMILES string of the molecule is CN(CC=C1CCN(CCOc2ccccc2)CC1)Cc1ccccc1. The van der Waals surface area contributed by atoms with Gasteiger partial charge in [0, 0.05) is 32.7 Å². The minimum Gasteiger partial charge on any atom is -0.492 e. The highest BCUT2D eigenvalue weighted by Gasteiger charge is 2.13. The Bertz CT molecular complexity index is 659. The maximum Gasteiger partial charge on any atom is 0.119 e. The van der Waals surface area contributed by atoms with Crippen LogP contribution in [-0.4, -0.2) is 49.6 Å². The number of para-hydroxylation sites is 1. The fourth-order valence-corrected chi connectivity index (χ4v) is 3.32. The van der Waals surface area contributed by atoms with Crippen LogP contribution in [0.4, 0.5) is 0 Å². The van der Waals surface area contributed by atoms with Gasteiger partial charge in [-0.2, -0.15) is 0 Å². The fraction of sp³-hybridized carbons (Fsp3) is 0.391. The molecule has 1 saturated heterocycles. The summed E-state index contributed by atoms with van der Waals surface area (Å²) in [7, 11) is 2.19. The number of piperidine rings is 1. The van der Waals surface area contributed by atoms with E-state index in [1.54, 1.807) is 5.57 Å². The van der Waals surface area contributed by atoms with Gasteiger partial charge in [0.15, 0.2) is 0 Å². The van der Waals surface area contributed by atoms with Crippen LogP contribution < -0.4 is 4.74 Å². The summed E-state index contributed by atoms with van der Waals surface area (Å²) in [4.78, 5) is 4.89. The number of nitrogens with zero attached hydrogens (tertiary/aromatic N) is 2. The number of hydrogen-bond acceptors (Lipinski definition) is 3. The first-order chi connectivity index (χ1) is 12.8. The van der Waals surface area contributed by atoms with Gasteiger partial charge in [-0.25, -0.2) is 0 Å². The van der Waals surface area contributed by atoms with Crippen LogP contribution in [0.25, 0.3) is 0 Å². The molecule has 1 heterocycles. The molecule has 0 aliphatic carbocycles. The van der Waals surface area contributed by atoms with E-state index in [2.05, 4.69) is 53.3 Å². The lowest BCUT2D eigenvalue weighted by atomic mass is 10.0. The van der Waals surface area contributed by atoms with Crippen molar-refractivity contribution in [1.29, 1.82) is 0 Å². The third-order valence-corrected chi connectivity index (χ3v) is 4.90. The Labute approximate surface area is 157 Å². The second-order valence-corrected chi connectivity index (χ2v) is 7.05. The first-order valence-electron chi connectivity index (χ1n) is 9.60. The normalized spacial score (nSPS) is 15.2. The molecule has 1 fully saturated rings. The van der Waals surface area contributed by atoms with Gasteiger partial charge in [0.1, 0.15) is 12.4 Å². The van der Waals surface area contributed by atoms with Gasteiger partial charge < -0.3 is 4.74 Å². The van der Waals surface area contributed by atoms with Crippen molar-refractivity contribution in [3.05, 3.63) is 77.9 Å². The van der Waals surface area contributed by atoms with Crippen molar-refractivity contribution in [3.63, 3.8) is 0 Å². The van der Waals surface area contributed by atoms with Crippen molar-refractivity contribution in [2.24, 2.45) is 0 Å². The molecule has 3 nitrogen and oxygen atoms in total. The Morgan fingerprint density at radius 3 is 2.31 bits per heavy atom. The molecule has 0 spiro atoms. The Kier molecular flexibility index (Phi) is 7.29. The van der Waals surface area contributed by atoms with Crippen molar-refractivity contribution >= 4 is 0 Å². The van der Waals surface area contributed by atoms with Crippen molar-refractivity contribution in [3.8, 4) is 5.75 Å². The van der Waals surface area contributed by atoms with Crippen molar-refractivity contribution < 1.29 is 4.74 Å². The Balaban J connectivity index is 1.33. The lowest BCUT2D eigenvalue weighted by molar-refractivity contribution is 0.199. The molecule has 1 aliphatic heterocycles. The van der Waals surface area contributed by atoms with Gasteiger partial charge in [0.05, 0.1) is 0 Å². The highest BCUT2D eigenvalue weighted by molar-refractivity contribution is 5.20. The monoisotopic (exact) mass is 350 g/mol. The van der Waals surface area contributed by atoms with Gasteiger partial charge in [-0.05, 0) is 37.6 Å². The van der Waals surface area contributed by atoms with Crippen LogP contribution in [0, 0.1) is 0 Å². The molecule has 0 aromatic heterocycles. The molecule has 26 heavy (non-hydrogen) atoms. The highest BCUT2D eigenvalue weighted by atomic mass is 16.5. The molecule has 0 atom stereocenters. The third kappa shape index (κ3) is 6.32. The number of likely N-dealkylation sites (tertiary alicyclic amines) is 1. The fourth-order valence-electron chi connectivity index (χ4n) is 3.32. The predicted molar refractivity (Wildman–Crippen MR) is 108 cm³/mol. The Morgan fingerprint density at radius 2 is 1.62 bits per heavy atom. The van der Waals surface area contributed by atoms with Crippen molar-refractivity contribution in [1.82, 2.24) is 9.80 Å². The number of benzene rings is 2. The van der Waals surface area contributed by atoms with Crippen molar-refractivity contribution in [2.45, 2.75) is 19.4 Å². The lowest BCUT2D eigenvalue weighted by Crippen LogP contribution is -2.34. The zero-order valence-corrected chi connectivity index (χ0v) is 15.8.